The summed E-state index contributed by atoms with van der Waals surface area (Å²) in [5.41, 5.74) is 2.72. The molecule has 3 heterocycles. The lowest BCUT2D eigenvalue weighted by Gasteiger charge is -2.07. The van der Waals surface area contributed by atoms with Gasteiger partial charge >= 0.3 is 0 Å². The van der Waals surface area contributed by atoms with Crippen LogP contribution in [0.4, 0.5) is 21.8 Å². The van der Waals surface area contributed by atoms with Crippen LogP contribution in [0.2, 0.25) is 0 Å². The Balaban J connectivity index is 0.00000336. The van der Waals surface area contributed by atoms with E-state index in [9.17, 15) is 13.2 Å². The van der Waals surface area contributed by atoms with E-state index in [1.807, 2.05) is 18.4 Å². The van der Waals surface area contributed by atoms with Gasteiger partial charge in [0.2, 0.25) is 0 Å². The van der Waals surface area contributed by atoms with Crippen LogP contribution in [0.15, 0.2) is 75.5 Å². The summed E-state index contributed by atoms with van der Waals surface area (Å²) in [6, 6.07) is 16.7. The van der Waals surface area contributed by atoms with E-state index in [2.05, 4.69) is 30.5 Å². The molecule has 0 aliphatic carbocycles. The van der Waals surface area contributed by atoms with Crippen molar-refractivity contribution in [3.63, 3.8) is 0 Å². The van der Waals surface area contributed by atoms with Crippen molar-refractivity contribution in [3.05, 3.63) is 83.1 Å². The molecule has 196 valence electrons. The Morgan fingerprint density at radius 1 is 0.974 bits per heavy atom. The SMILES string of the molecule is Cc1cc(NS(=O)(=O)c2ccc(Nc3nc(-c4sc(NC(=O)c5ccccc5)nc4C)cs3)cc2)no1.[Br-]. The number of sulfonamides is 1. The quantitative estimate of drug-likeness (QED) is 0.238. The highest BCUT2D eigenvalue weighted by Gasteiger charge is 2.18. The average Bonchev–Trinajstić information content (AvgIpc) is 3.60. The molecular weight excluding hydrogens is 612 g/mol. The van der Waals surface area contributed by atoms with Crippen LogP contribution < -0.4 is 32.3 Å². The molecule has 5 rings (SSSR count). The number of hydrogen-bond donors (Lipinski definition) is 3. The standard InChI is InChI=1S/C24H20N6O4S3.BrH/c1-14-12-20(29-34-14)30-37(32,33)18-10-8-17(9-11-18)26-23-27-19(13-35-23)21-15(2)25-24(36-21)28-22(31)16-6-4-3-5-7-16;/h3-13H,1-2H3,(H,26,27)(H,29,30)(H,25,28,31);1H/p-1. The fraction of sp³-hybridized carbons (Fsp3) is 0.0833. The van der Waals surface area contributed by atoms with Crippen LogP contribution in [0.3, 0.4) is 0 Å². The summed E-state index contributed by atoms with van der Waals surface area (Å²) >= 11 is 2.75. The Bertz CT molecular complexity index is 1660. The first-order valence-electron chi connectivity index (χ1n) is 10.9. The van der Waals surface area contributed by atoms with Crippen LogP contribution in [-0.2, 0) is 10.0 Å². The molecule has 2 aromatic carbocycles. The maximum Gasteiger partial charge on any atom is 0.263 e. The molecule has 5 aromatic rings. The van der Waals surface area contributed by atoms with E-state index in [0.717, 1.165) is 16.3 Å². The number of nitrogens with zero attached hydrogens (tertiary/aromatic N) is 3. The van der Waals surface area contributed by atoms with Gasteiger partial charge in [0.05, 0.1) is 21.2 Å². The summed E-state index contributed by atoms with van der Waals surface area (Å²) < 4.78 is 32.4. The van der Waals surface area contributed by atoms with E-state index >= 15 is 0 Å². The molecule has 3 aromatic heterocycles. The largest absolute Gasteiger partial charge is 1.00 e. The third kappa shape index (κ3) is 6.27. The van der Waals surface area contributed by atoms with E-state index in [4.69, 9.17) is 4.52 Å². The first-order valence-corrected chi connectivity index (χ1v) is 14.1. The van der Waals surface area contributed by atoms with Crippen LogP contribution in [0.25, 0.3) is 10.6 Å². The zero-order chi connectivity index (χ0) is 26.0. The van der Waals surface area contributed by atoms with E-state index < -0.39 is 10.0 Å². The number of carbonyl (C=O) groups is 1. The molecule has 0 aliphatic rings. The number of anilines is 4. The van der Waals surface area contributed by atoms with Crippen LogP contribution in [-0.4, -0.2) is 29.4 Å². The second-order valence-corrected chi connectivity index (χ2v) is 11.4. The number of aromatic nitrogens is 3. The van der Waals surface area contributed by atoms with Crippen molar-refractivity contribution in [2.45, 2.75) is 18.7 Å². The Hall–Kier alpha value is -3.59. The third-order valence-corrected chi connectivity index (χ3v) is 8.30. The highest BCUT2D eigenvalue weighted by Crippen LogP contribution is 2.35. The highest BCUT2D eigenvalue weighted by atomic mass is 79.9. The van der Waals surface area contributed by atoms with Crippen LogP contribution in [0.1, 0.15) is 21.8 Å². The number of carbonyl (C=O) groups excluding carboxylic acids is 1. The Morgan fingerprint density at radius 2 is 1.71 bits per heavy atom. The summed E-state index contributed by atoms with van der Waals surface area (Å²) in [6.07, 6.45) is 0. The number of aryl methyl sites for hydroxylation is 2. The van der Waals surface area contributed by atoms with E-state index in [-0.39, 0.29) is 33.6 Å². The van der Waals surface area contributed by atoms with Crippen molar-refractivity contribution >= 4 is 60.4 Å². The van der Waals surface area contributed by atoms with E-state index in [0.29, 0.717) is 27.3 Å². The monoisotopic (exact) mass is 631 g/mol. The second-order valence-electron chi connectivity index (χ2n) is 7.87. The van der Waals surface area contributed by atoms with Gasteiger partial charge in [0.1, 0.15) is 5.76 Å². The van der Waals surface area contributed by atoms with Crippen molar-refractivity contribution in [1.82, 2.24) is 15.1 Å². The van der Waals surface area contributed by atoms with Gasteiger partial charge in [-0.05, 0) is 50.2 Å². The lowest BCUT2D eigenvalue weighted by atomic mass is 10.2. The molecule has 0 aliphatic heterocycles. The fourth-order valence-corrected chi connectivity index (χ4v) is 6.04. The fourth-order valence-electron chi connectivity index (χ4n) is 3.33. The molecule has 0 fully saturated rings. The molecule has 3 N–H and O–H groups in total. The maximum atomic E-state index is 12.6. The minimum Gasteiger partial charge on any atom is -1.00 e. The van der Waals surface area contributed by atoms with Gasteiger partial charge in [-0.15, -0.1) is 11.3 Å². The molecule has 14 heteroatoms. The molecule has 0 spiro atoms. The molecule has 0 saturated heterocycles. The van der Waals surface area contributed by atoms with Crippen molar-refractivity contribution in [1.29, 1.82) is 0 Å². The highest BCUT2D eigenvalue weighted by molar-refractivity contribution is 7.92. The molecule has 0 saturated carbocycles. The van der Waals surface area contributed by atoms with Gasteiger partial charge < -0.3 is 26.8 Å². The average molecular weight is 633 g/mol. The van der Waals surface area contributed by atoms with Crippen molar-refractivity contribution < 1.29 is 34.7 Å². The van der Waals surface area contributed by atoms with Gasteiger partial charge in [-0.2, -0.15) is 0 Å². The van der Waals surface area contributed by atoms with E-state index in [1.165, 1.54) is 40.9 Å². The summed E-state index contributed by atoms with van der Waals surface area (Å²) in [5, 5.41) is 12.7. The van der Waals surface area contributed by atoms with Crippen LogP contribution >= 0.6 is 22.7 Å². The predicted octanol–water partition coefficient (Wildman–Crippen LogP) is 2.67. The number of rotatable bonds is 8. The van der Waals surface area contributed by atoms with Gasteiger partial charge in [0, 0.05) is 22.7 Å². The maximum absolute atomic E-state index is 12.6. The van der Waals surface area contributed by atoms with Gasteiger partial charge in [0.15, 0.2) is 16.1 Å². The number of amides is 1. The zero-order valence-corrected chi connectivity index (χ0v) is 24.0. The Labute approximate surface area is 237 Å². The smallest absolute Gasteiger partial charge is 0.263 e. The lowest BCUT2D eigenvalue weighted by Crippen LogP contribution is -3.00. The summed E-state index contributed by atoms with van der Waals surface area (Å²) in [5.74, 6) is 0.399. The first-order chi connectivity index (χ1) is 17.8. The van der Waals surface area contributed by atoms with Gasteiger partial charge in [-0.1, -0.05) is 34.7 Å². The number of hydrogen-bond acceptors (Lipinski definition) is 10. The number of halogens is 1. The predicted molar refractivity (Wildman–Crippen MR) is 144 cm³/mol. The minimum absolute atomic E-state index is 0. The number of thiazole rings is 2. The number of nitrogens with one attached hydrogen (secondary N) is 3. The molecule has 38 heavy (non-hydrogen) atoms. The molecule has 0 unspecified atom stereocenters. The van der Waals surface area contributed by atoms with Crippen molar-refractivity contribution in [3.8, 4) is 10.6 Å². The summed E-state index contributed by atoms with van der Waals surface area (Å²) in [7, 11) is -3.80. The second kappa shape index (κ2) is 11.4. The zero-order valence-electron chi connectivity index (χ0n) is 19.9. The lowest BCUT2D eigenvalue weighted by molar-refractivity contribution is -0.0000179. The molecular formula is C24H20BrN6O4S3-. The van der Waals surface area contributed by atoms with Crippen molar-refractivity contribution in [2.75, 3.05) is 15.4 Å². The van der Waals surface area contributed by atoms with Crippen LogP contribution in [0, 0.1) is 13.8 Å². The third-order valence-electron chi connectivity index (χ3n) is 5.07. The molecule has 0 radical (unpaired) electrons. The van der Waals surface area contributed by atoms with Gasteiger partial charge in [-0.3, -0.25) is 14.8 Å². The molecule has 10 nitrogen and oxygen atoms in total. The van der Waals surface area contributed by atoms with Crippen LogP contribution in [0.5, 0.6) is 0 Å². The molecule has 0 atom stereocenters. The van der Waals surface area contributed by atoms with Gasteiger partial charge in [-0.25, -0.2) is 18.4 Å². The normalized spacial score (nSPS) is 11.0. The summed E-state index contributed by atoms with van der Waals surface area (Å²) in [6.45, 7) is 3.54. The Morgan fingerprint density at radius 3 is 2.39 bits per heavy atom. The molecule has 0 bridgehead atoms. The Kier molecular flexibility index (Phi) is 8.26. The van der Waals surface area contributed by atoms with Gasteiger partial charge in [0.25, 0.3) is 15.9 Å². The van der Waals surface area contributed by atoms with Crippen molar-refractivity contribution in [2.24, 2.45) is 0 Å². The molecule has 1 amide bonds. The first kappa shape index (κ1) is 27.4. The minimum atomic E-state index is -3.80. The summed E-state index contributed by atoms with van der Waals surface area (Å²) in [4.78, 5) is 22.5. The number of benzene rings is 2. The van der Waals surface area contributed by atoms with E-state index in [1.54, 1.807) is 43.3 Å². The topological polar surface area (TPSA) is 139 Å².